The first-order valence-corrected chi connectivity index (χ1v) is 7.85. The molecular formula is C18H19ClN2O4. The van der Waals surface area contributed by atoms with Gasteiger partial charge in [0.15, 0.2) is 18.1 Å². The van der Waals surface area contributed by atoms with Gasteiger partial charge in [-0.1, -0.05) is 11.6 Å². The van der Waals surface area contributed by atoms with Crippen LogP contribution in [0.3, 0.4) is 0 Å². The van der Waals surface area contributed by atoms with Crippen LogP contribution in [0.15, 0.2) is 47.6 Å². The lowest BCUT2D eigenvalue weighted by Crippen LogP contribution is -2.25. The molecule has 7 heteroatoms. The predicted molar refractivity (Wildman–Crippen MR) is 96.8 cm³/mol. The number of amides is 1. The summed E-state index contributed by atoms with van der Waals surface area (Å²) < 4.78 is 15.8. The summed E-state index contributed by atoms with van der Waals surface area (Å²) in [5, 5.41) is 4.67. The van der Waals surface area contributed by atoms with Crippen LogP contribution >= 0.6 is 11.6 Å². The van der Waals surface area contributed by atoms with Crippen LogP contribution in [0.5, 0.6) is 17.2 Å². The Morgan fingerprint density at radius 3 is 2.40 bits per heavy atom. The SMILES string of the molecule is COc1ccc(/C(C)=N/NC(=O)COc2ccc(Cl)cc2)cc1OC. The molecule has 2 aromatic rings. The quantitative estimate of drug-likeness (QED) is 0.606. The summed E-state index contributed by atoms with van der Waals surface area (Å²) >= 11 is 5.79. The molecule has 0 bridgehead atoms. The Hall–Kier alpha value is -2.73. The first-order chi connectivity index (χ1) is 12.0. The van der Waals surface area contributed by atoms with Gasteiger partial charge in [-0.15, -0.1) is 0 Å². The highest BCUT2D eigenvalue weighted by Gasteiger charge is 2.07. The van der Waals surface area contributed by atoms with Gasteiger partial charge in [0.1, 0.15) is 5.75 Å². The van der Waals surface area contributed by atoms with E-state index in [1.807, 2.05) is 6.07 Å². The van der Waals surface area contributed by atoms with Crippen LogP contribution in [0.4, 0.5) is 0 Å². The molecule has 2 aromatic carbocycles. The molecule has 0 spiro atoms. The van der Waals surface area contributed by atoms with Crippen molar-refractivity contribution < 1.29 is 19.0 Å². The zero-order valence-corrected chi connectivity index (χ0v) is 15.0. The average Bonchev–Trinajstić information content (AvgIpc) is 2.64. The van der Waals surface area contributed by atoms with Gasteiger partial charge in [0.05, 0.1) is 19.9 Å². The molecule has 6 nitrogen and oxygen atoms in total. The first-order valence-electron chi connectivity index (χ1n) is 7.47. The van der Waals surface area contributed by atoms with Gasteiger partial charge in [0, 0.05) is 10.6 Å². The maximum absolute atomic E-state index is 11.8. The van der Waals surface area contributed by atoms with Gasteiger partial charge < -0.3 is 14.2 Å². The Kier molecular flexibility index (Phi) is 6.65. The number of hydrogen-bond acceptors (Lipinski definition) is 5. The van der Waals surface area contributed by atoms with E-state index < -0.39 is 0 Å². The topological polar surface area (TPSA) is 69.2 Å². The van der Waals surface area contributed by atoms with E-state index in [2.05, 4.69) is 10.5 Å². The number of benzene rings is 2. The van der Waals surface area contributed by atoms with Crippen molar-refractivity contribution in [1.29, 1.82) is 0 Å². The Morgan fingerprint density at radius 1 is 1.08 bits per heavy atom. The fraction of sp³-hybridized carbons (Fsp3) is 0.222. The third-order valence-corrected chi connectivity index (χ3v) is 3.59. The molecule has 25 heavy (non-hydrogen) atoms. The normalized spacial score (nSPS) is 11.0. The number of carbonyl (C=O) groups excluding carboxylic acids is 1. The third-order valence-electron chi connectivity index (χ3n) is 3.33. The minimum atomic E-state index is -0.366. The van der Waals surface area contributed by atoms with Gasteiger partial charge >= 0.3 is 0 Å². The molecule has 2 rings (SSSR count). The molecule has 0 saturated carbocycles. The minimum absolute atomic E-state index is 0.148. The van der Waals surface area contributed by atoms with Gasteiger partial charge in [-0.2, -0.15) is 5.10 Å². The van der Waals surface area contributed by atoms with Crippen LogP contribution in [-0.2, 0) is 4.79 Å². The van der Waals surface area contributed by atoms with Gasteiger partial charge in [0.25, 0.3) is 5.91 Å². The second-order valence-corrected chi connectivity index (χ2v) is 5.48. The van der Waals surface area contributed by atoms with E-state index in [0.717, 1.165) is 5.56 Å². The predicted octanol–water partition coefficient (Wildman–Crippen LogP) is 3.28. The summed E-state index contributed by atoms with van der Waals surface area (Å²) in [6.07, 6.45) is 0. The van der Waals surface area contributed by atoms with Gasteiger partial charge in [0.2, 0.25) is 0 Å². The molecule has 0 aliphatic heterocycles. The maximum Gasteiger partial charge on any atom is 0.277 e. The maximum atomic E-state index is 11.8. The first kappa shape index (κ1) is 18.6. The Bertz CT molecular complexity index is 760. The molecule has 0 aliphatic carbocycles. The summed E-state index contributed by atoms with van der Waals surface area (Å²) in [6, 6.07) is 12.1. The van der Waals surface area contributed by atoms with Crippen LogP contribution in [0.2, 0.25) is 5.02 Å². The standard InChI is InChI=1S/C18H19ClN2O4/c1-12(13-4-9-16(23-2)17(10-13)24-3)20-21-18(22)11-25-15-7-5-14(19)6-8-15/h4-10H,11H2,1-3H3,(H,21,22)/b20-12+. The van der Waals surface area contributed by atoms with Crippen LogP contribution in [0.1, 0.15) is 12.5 Å². The van der Waals surface area contributed by atoms with Crippen LogP contribution in [0, 0.1) is 0 Å². The lowest BCUT2D eigenvalue weighted by molar-refractivity contribution is -0.123. The summed E-state index contributed by atoms with van der Waals surface area (Å²) in [5.74, 6) is 1.40. The average molecular weight is 363 g/mol. The van der Waals surface area contributed by atoms with Crippen molar-refractivity contribution in [3.8, 4) is 17.2 Å². The Balaban J connectivity index is 1.93. The Morgan fingerprint density at radius 2 is 1.76 bits per heavy atom. The van der Waals surface area contributed by atoms with Crippen molar-refractivity contribution in [2.75, 3.05) is 20.8 Å². The van der Waals surface area contributed by atoms with Crippen LogP contribution in [-0.4, -0.2) is 32.4 Å². The highest BCUT2D eigenvalue weighted by atomic mass is 35.5. The fourth-order valence-corrected chi connectivity index (χ4v) is 2.11. The van der Waals surface area contributed by atoms with Crippen LogP contribution in [0.25, 0.3) is 0 Å². The van der Waals surface area contributed by atoms with E-state index >= 15 is 0 Å². The molecule has 1 amide bonds. The summed E-state index contributed by atoms with van der Waals surface area (Å²) in [6.45, 7) is 1.63. The van der Waals surface area contributed by atoms with E-state index in [0.29, 0.717) is 28.0 Å². The molecule has 0 aliphatic rings. The lowest BCUT2D eigenvalue weighted by Gasteiger charge is -2.09. The van der Waals surface area contributed by atoms with Crippen molar-refractivity contribution in [2.45, 2.75) is 6.92 Å². The molecular weight excluding hydrogens is 344 g/mol. The third kappa shape index (κ3) is 5.39. The van der Waals surface area contributed by atoms with E-state index in [1.54, 1.807) is 57.5 Å². The molecule has 1 N–H and O–H groups in total. The molecule has 0 atom stereocenters. The summed E-state index contributed by atoms with van der Waals surface area (Å²) in [7, 11) is 3.13. The van der Waals surface area contributed by atoms with E-state index in [9.17, 15) is 4.79 Å². The van der Waals surface area contributed by atoms with Gasteiger partial charge in [-0.05, 0) is 49.4 Å². The number of rotatable bonds is 7. The number of nitrogens with one attached hydrogen (secondary N) is 1. The summed E-state index contributed by atoms with van der Waals surface area (Å²) in [4.78, 5) is 11.8. The number of hydrogen-bond donors (Lipinski definition) is 1. The van der Waals surface area contributed by atoms with Crippen molar-refractivity contribution in [3.63, 3.8) is 0 Å². The largest absolute Gasteiger partial charge is 0.493 e. The van der Waals surface area contributed by atoms with Gasteiger partial charge in [-0.3, -0.25) is 4.79 Å². The monoisotopic (exact) mass is 362 g/mol. The smallest absolute Gasteiger partial charge is 0.277 e. The van der Waals surface area contributed by atoms with Gasteiger partial charge in [-0.25, -0.2) is 5.43 Å². The number of ether oxygens (including phenoxy) is 3. The molecule has 0 heterocycles. The molecule has 0 fully saturated rings. The van der Waals surface area contributed by atoms with Crippen molar-refractivity contribution >= 4 is 23.2 Å². The second kappa shape index (κ2) is 8.94. The van der Waals surface area contributed by atoms with E-state index in [1.165, 1.54) is 0 Å². The number of methoxy groups -OCH3 is 2. The highest BCUT2D eigenvalue weighted by Crippen LogP contribution is 2.27. The van der Waals surface area contributed by atoms with Crippen molar-refractivity contribution in [3.05, 3.63) is 53.1 Å². The van der Waals surface area contributed by atoms with Crippen molar-refractivity contribution in [2.24, 2.45) is 5.10 Å². The lowest BCUT2D eigenvalue weighted by atomic mass is 10.1. The Labute approximate surface area is 151 Å². The molecule has 0 saturated heterocycles. The molecule has 0 aromatic heterocycles. The number of hydrazone groups is 1. The molecule has 132 valence electrons. The van der Waals surface area contributed by atoms with E-state index in [4.69, 9.17) is 25.8 Å². The molecule has 0 radical (unpaired) electrons. The van der Waals surface area contributed by atoms with Crippen molar-refractivity contribution in [1.82, 2.24) is 5.43 Å². The molecule has 0 unspecified atom stereocenters. The van der Waals surface area contributed by atoms with Crippen LogP contribution < -0.4 is 19.6 Å². The highest BCUT2D eigenvalue weighted by molar-refractivity contribution is 6.30. The fourth-order valence-electron chi connectivity index (χ4n) is 1.98. The second-order valence-electron chi connectivity index (χ2n) is 5.04. The number of halogens is 1. The number of carbonyl (C=O) groups is 1. The van der Waals surface area contributed by atoms with E-state index in [-0.39, 0.29) is 12.5 Å². The zero-order chi connectivity index (χ0) is 18.2. The minimum Gasteiger partial charge on any atom is -0.493 e. The number of nitrogens with zero attached hydrogens (tertiary/aromatic N) is 1. The summed E-state index contributed by atoms with van der Waals surface area (Å²) in [5.41, 5.74) is 3.88. The zero-order valence-electron chi connectivity index (χ0n) is 14.2.